The SMILES string of the molecule is CCNC(=NCC(c1cccc(Cl)c1)N1CCOCC1)NC1CCS(=O)(=O)C1. The van der Waals surface area contributed by atoms with Crippen molar-refractivity contribution >= 4 is 27.4 Å². The molecule has 9 heteroatoms. The summed E-state index contributed by atoms with van der Waals surface area (Å²) in [4.78, 5) is 7.14. The van der Waals surface area contributed by atoms with Crippen LogP contribution in [0.1, 0.15) is 24.9 Å². The number of halogens is 1. The molecule has 2 N–H and O–H groups in total. The van der Waals surface area contributed by atoms with Crippen molar-refractivity contribution in [3.05, 3.63) is 34.9 Å². The summed E-state index contributed by atoms with van der Waals surface area (Å²) in [5.41, 5.74) is 1.12. The lowest BCUT2D eigenvalue weighted by Crippen LogP contribution is -2.45. The molecule has 0 spiro atoms. The van der Waals surface area contributed by atoms with Crippen molar-refractivity contribution in [1.29, 1.82) is 0 Å². The van der Waals surface area contributed by atoms with Gasteiger partial charge in [-0.3, -0.25) is 9.89 Å². The second-order valence-corrected chi connectivity index (χ2v) is 9.85. The van der Waals surface area contributed by atoms with E-state index in [1.807, 2.05) is 25.1 Å². The van der Waals surface area contributed by atoms with Gasteiger partial charge in [-0.1, -0.05) is 23.7 Å². The zero-order chi connectivity index (χ0) is 20.0. The predicted molar refractivity (Wildman–Crippen MR) is 113 cm³/mol. The smallest absolute Gasteiger partial charge is 0.191 e. The fourth-order valence-corrected chi connectivity index (χ4v) is 5.51. The molecule has 0 saturated carbocycles. The van der Waals surface area contributed by atoms with Crippen LogP contribution >= 0.6 is 11.6 Å². The van der Waals surface area contributed by atoms with E-state index in [2.05, 4.69) is 21.6 Å². The van der Waals surface area contributed by atoms with Crippen LogP contribution < -0.4 is 10.6 Å². The van der Waals surface area contributed by atoms with E-state index >= 15 is 0 Å². The summed E-state index contributed by atoms with van der Waals surface area (Å²) in [6, 6.07) is 7.89. The summed E-state index contributed by atoms with van der Waals surface area (Å²) < 4.78 is 29.0. The van der Waals surface area contributed by atoms with Gasteiger partial charge >= 0.3 is 0 Å². The molecule has 0 aromatic heterocycles. The Bertz CT molecular complexity index is 781. The molecule has 1 aromatic carbocycles. The normalized spacial score (nSPS) is 24.1. The van der Waals surface area contributed by atoms with Gasteiger partial charge in [-0.2, -0.15) is 0 Å². The lowest BCUT2D eigenvalue weighted by Gasteiger charge is -2.34. The van der Waals surface area contributed by atoms with Gasteiger partial charge in [0.1, 0.15) is 0 Å². The van der Waals surface area contributed by atoms with Gasteiger partial charge in [0.25, 0.3) is 0 Å². The monoisotopic (exact) mass is 428 g/mol. The molecule has 156 valence electrons. The summed E-state index contributed by atoms with van der Waals surface area (Å²) in [5, 5.41) is 7.23. The number of benzene rings is 1. The van der Waals surface area contributed by atoms with Crippen LogP contribution in [0.15, 0.2) is 29.3 Å². The molecule has 2 unspecified atom stereocenters. The van der Waals surface area contributed by atoms with Crippen molar-refractivity contribution in [3.8, 4) is 0 Å². The van der Waals surface area contributed by atoms with Crippen molar-refractivity contribution in [2.24, 2.45) is 4.99 Å². The molecule has 0 radical (unpaired) electrons. The molecule has 2 atom stereocenters. The first-order valence-electron chi connectivity index (χ1n) is 9.79. The van der Waals surface area contributed by atoms with Crippen LogP contribution in [-0.4, -0.2) is 76.2 Å². The van der Waals surface area contributed by atoms with Gasteiger partial charge in [-0.15, -0.1) is 0 Å². The first-order chi connectivity index (χ1) is 13.5. The fraction of sp³-hybridized carbons (Fsp3) is 0.632. The number of morpholine rings is 1. The Balaban J connectivity index is 1.75. The molecule has 2 saturated heterocycles. The number of rotatable bonds is 6. The van der Waals surface area contributed by atoms with Crippen molar-refractivity contribution < 1.29 is 13.2 Å². The van der Waals surface area contributed by atoms with E-state index < -0.39 is 9.84 Å². The Labute approximate surface area is 172 Å². The lowest BCUT2D eigenvalue weighted by atomic mass is 10.0. The maximum atomic E-state index is 11.7. The Morgan fingerprint density at radius 1 is 1.39 bits per heavy atom. The Kier molecular flexibility index (Phi) is 7.56. The molecule has 0 bridgehead atoms. The second-order valence-electron chi connectivity index (χ2n) is 7.18. The lowest BCUT2D eigenvalue weighted by molar-refractivity contribution is 0.0179. The summed E-state index contributed by atoms with van der Waals surface area (Å²) in [6.45, 7) is 6.37. The molecule has 2 aliphatic heterocycles. The molecule has 0 aliphatic carbocycles. The molecule has 3 rings (SSSR count). The van der Waals surface area contributed by atoms with Gasteiger partial charge in [0.05, 0.1) is 37.3 Å². The maximum Gasteiger partial charge on any atom is 0.191 e. The summed E-state index contributed by atoms with van der Waals surface area (Å²) in [5.74, 6) is 1.06. The minimum atomic E-state index is -2.93. The quantitative estimate of drug-likeness (QED) is 0.527. The van der Waals surface area contributed by atoms with Crippen LogP contribution in [0.3, 0.4) is 0 Å². The average Bonchev–Trinajstić information content (AvgIpc) is 3.01. The van der Waals surface area contributed by atoms with Crippen LogP contribution in [-0.2, 0) is 14.6 Å². The van der Waals surface area contributed by atoms with Gasteiger partial charge in [-0.25, -0.2) is 8.42 Å². The minimum Gasteiger partial charge on any atom is -0.379 e. The number of nitrogens with zero attached hydrogens (tertiary/aromatic N) is 2. The maximum absolute atomic E-state index is 11.7. The zero-order valence-electron chi connectivity index (χ0n) is 16.2. The zero-order valence-corrected chi connectivity index (χ0v) is 17.8. The van der Waals surface area contributed by atoms with E-state index in [0.29, 0.717) is 43.7 Å². The Morgan fingerprint density at radius 3 is 2.82 bits per heavy atom. The van der Waals surface area contributed by atoms with Gasteiger partial charge in [-0.05, 0) is 31.0 Å². The molecule has 2 heterocycles. The van der Waals surface area contributed by atoms with Gasteiger partial charge < -0.3 is 15.4 Å². The van der Waals surface area contributed by atoms with Gasteiger partial charge in [0, 0.05) is 30.7 Å². The number of guanidine groups is 1. The number of aliphatic imine (C=N–C) groups is 1. The molecule has 2 aliphatic rings. The van der Waals surface area contributed by atoms with Crippen molar-refractivity contribution in [3.63, 3.8) is 0 Å². The highest BCUT2D eigenvalue weighted by Crippen LogP contribution is 2.25. The minimum absolute atomic E-state index is 0.0872. The van der Waals surface area contributed by atoms with E-state index in [1.165, 1.54) is 0 Å². The number of ether oxygens (including phenoxy) is 1. The van der Waals surface area contributed by atoms with Crippen LogP contribution in [0.5, 0.6) is 0 Å². The third-order valence-electron chi connectivity index (χ3n) is 5.06. The van der Waals surface area contributed by atoms with Crippen LogP contribution in [0.4, 0.5) is 0 Å². The average molecular weight is 429 g/mol. The number of nitrogens with one attached hydrogen (secondary N) is 2. The van der Waals surface area contributed by atoms with Crippen molar-refractivity contribution in [2.45, 2.75) is 25.4 Å². The van der Waals surface area contributed by atoms with Crippen molar-refractivity contribution in [1.82, 2.24) is 15.5 Å². The molecule has 1 aromatic rings. The van der Waals surface area contributed by atoms with Gasteiger partial charge in [0.2, 0.25) is 0 Å². The standard InChI is InChI=1S/C19H29ClN4O3S/c1-2-21-19(23-17-6-11-28(25,26)14-17)22-13-18(24-7-9-27-10-8-24)15-4-3-5-16(20)12-15/h3-5,12,17-18H,2,6-11,13-14H2,1H3,(H2,21,22,23). The van der Waals surface area contributed by atoms with Crippen LogP contribution in [0.25, 0.3) is 0 Å². The number of sulfone groups is 1. The van der Waals surface area contributed by atoms with Crippen LogP contribution in [0, 0.1) is 0 Å². The van der Waals surface area contributed by atoms with E-state index in [4.69, 9.17) is 21.3 Å². The Hall–Kier alpha value is -1.35. The number of hydrogen-bond donors (Lipinski definition) is 2. The first-order valence-corrected chi connectivity index (χ1v) is 12.0. The first kappa shape index (κ1) is 21.4. The highest BCUT2D eigenvalue weighted by Gasteiger charge is 2.29. The van der Waals surface area contributed by atoms with Gasteiger partial charge in [0.15, 0.2) is 15.8 Å². The molecule has 7 nitrogen and oxygen atoms in total. The summed E-state index contributed by atoms with van der Waals surface area (Å²) >= 11 is 6.22. The molecule has 0 amide bonds. The van der Waals surface area contributed by atoms with Crippen LogP contribution in [0.2, 0.25) is 5.02 Å². The summed E-state index contributed by atoms with van der Waals surface area (Å²) in [7, 11) is -2.93. The van der Waals surface area contributed by atoms with E-state index in [9.17, 15) is 8.42 Å². The van der Waals surface area contributed by atoms with Crippen molar-refractivity contribution in [2.75, 3.05) is 50.9 Å². The second kappa shape index (κ2) is 9.91. The highest BCUT2D eigenvalue weighted by atomic mass is 35.5. The van der Waals surface area contributed by atoms with E-state index in [-0.39, 0.29) is 23.6 Å². The van der Waals surface area contributed by atoms with E-state index in [1.54, 1.807) is 0 Å². The largest absolute Gasteiger partial charge is 0.379 e. The summed E-state index contributed by atoms with van der Waals surface area (Å²) in [6.07, 6.45) is 0.619. The topological polar surface area (TPSA) is 83.0 Å². The molecule has 2 fully saturated rings. The third-order valence-corrected chi connectivity index (χ3v) is 7.06. The molecule has 28 heavy (non-hydrogen) atoms. The van der Waals surface area contributed by atoms with E-state index in [0.717, 1.165) is 18.7 Å². The molecular formula is C19H29ClN4O3S. The predicted octanol–water partition coefficient (Wildman–Crippen LogP) is 1.46. The molecular weight excluding hydrogens is 400 g/mol. The Morgan fingerprint density at radius 2 is 2.18 bits per heavy atom. The number of hydrogen-bond acceptors (Lipinski definition) is 5. The highest BCUT2D eigenvalue weighted by molar-refractivity contribution is 7.91. The fourth-order valence-electron chi connectivity index (χ4n) is 3.63. The third kappa shape index (κ3) is 6.07.